The molecule has 6 heteroatoms. The van der Waals surface area contributed by atoms with E-state index in [1.165, 1.54) is 12.8 Å². The molecule has 2 saturated carbocycles. The van der Waals surface area contributed by atoms with Crippen molar-refractivity contribution < 1.29 is 19.4 Å². The molecule has 0 spiro atoms. The second-order valence-corrected chi connectivity index (χ2v) is 6.07. The molecule has 112 valence electrons. The molecule has 21 heavy (non-hydrogen) atoms. The van der Waals surface area contributed by atoms with Crippen LogP contribution in [0.5, 0.6) is 5.75 Å². The normalized spacial score (nSPS) is 23.5. The van der Waals surface area contributed by atoms with Gasteiger partial charge in [0.15, 0.2) is 6.61 Å². The van der Waals surface area contributed by atoms with Crippen molar-refractivity contribution >= 4 is 29.2 Å². The van der Waals surface area contributed by atoms with Crippen LogP contribution in [0, 0.1) is 17.8 Å². The first-order valence-electron chi connectivity index (χ1n) is 6.99. The fourth-order valence-corrected chi connectivity index (χ4v) is 2.87. The Hall–Kier alpha value is -1.75. The molecular weight excluding hydrogens is 294 g/mol. The van der Waals surface area contributed by atoms with E-state index in [0.29, 0.717) is 17.4 Å². The summed E-state index contributed by atoms with van der Waals surface area (Å²) in [7, 11) is 0. The maximum Gasteiger partial charge on any atom is 0.341 e. The molecule has 2 unspecified atom stereocenters. The van der Waals surface area contributed by atoms with E-state index in [0.717, 1.165) is 12.3 Å². The van der Waals surface area contributed by atoms with Gasteiger partial charge in [-0.1, -0.05) is 11.6 Å². The summed E-state index contributed by atoms with van der Waals surface area (Å²) in [5, 5.41) is 11.7. The van der Waals surface area contributed by atoms with Gasteiger partial charge in [-0.3, -0.25) is 4.79 Å². The Bertz CT molecular complexity index is 585. The van der Waals surface area contributed by atoms with Gasteiger partial charge in [0, 0.05) is 11.6 Å². The van der Waals surface area contributed by atoms with Crippen molar-refractivity contribution in [1.29, 1.82) is 0 Å². The lowest BCUT2D eigenvalue weighted by atomic mass is 10.2. The molecule has 0 heterocycles. The van der Waals surface area contributed by atoms with Gasteiger partial charge in [-0.25, -0.2) is 4.79 Å². The maximum absolute atomic E-state index is 12.1. The molecule has 1 aromatic rings. The summed E-state index contributed by atoms with van der Waals surface area (Å²) in [4.78, 5) is 22.5. The molecule has 1 amide bonds. The summed E-state index contributed by atoms with van der Waals surface area (Å²) >= 11 is 6.01. The second-order valence-electron chi connectivity index (χ2n) is 5.66. The average Bonchev–Trinajstić information content (AvgIpc) is 3.26. The second kappa shape index (κ2) is 5.56. The number of halogens is 1. The third-order valence-corrected chi connectivity index (χ3v) is 4.25. The number of rotatable bonds is 6. The maximum atomic E-state index is 12.1. The number of hydrogen-bond acceptors (Lipinski definition) is 3. The Morgan fingerprint density at radius 3 is 2.76 bits per heavy atom. The predicted octanol–water partition coefficient (Wildman–Crippen LogP) is 2.79. The van der Waals surface area contributed by atoms with Crippen molar-refractivity contribution in [2.75, 3.05) is 11.9 Å². The van der Waals surface area contributed by atoms with Crippen molar-refractivity contribution in [2.45, 2.75) is 19.3 Å². The summed E-state index contributed by atoms with van der Waals surface area (Å²) in [6.45, 7) is -0.448. The first kappa shape index (κ1) is 14.2. The number of nitrogens with one attached hydrogen (secondary N) is 1. The number of aliphatic carboxylic acids is 1. The molecular formula is C15H16ClNO4. The van der Waals surface area contributed by atoms with Crippen molar-refractivity contribution in [3.05, 3.63) is 23.2 Å². The highest BCUT2D eigenvalue weighted by Crippen LogP contribution is 2.54. The molecule has 1 aromatic carbocycles. The minimum absolute atomic E-state index is 0.0437. The van der Waals surface area contributed by atoms with E-state index < -0.39 is 12.6 Å². The van der Waals surface area contributed by atoms with E-state index in [9.17, 15) is 9.59 Å². The average molecular weight is 310 g/mol. The van der Waals surface area contributed by atoms with Crippen LogP contribution in [0.2, 0.25) is 5.02 Å². The van der Waals surface area contributed by atoms with E-state index in [1.54, 1.807) is 18.2 Å². The predicted molar refractivity (Wildman–Crippen MR) is 77.5 cm³/mol. The van der Waals surface area contributed by atoms with Crippen LogP contribution < -0.4 is 10.1 Å². The number of amides is 1. The van der Waals surface area contributed by atoms with E-state index in [4.69, 9.17) is 21.4 Å². The van der Waals surface area contributed by atoms with Crippen LogP contribution in [-0.4, -0.2) is 23.6 Å². The quantitative estimate of drug-likeness (QED) is 0.847. The highest BCUT2D eigenvalue weighted by atomic mass is 35.5. The SMILES string of the molecule is O=C(O)COc1ccc(NC(=O)C2CC2C2CC2)cc1Cl. The first-order chi connectivity index (χ1) is 10.0. The van der Waals surface area contributed by atoms with Gasteiger partial charge in [-0.05, 0) is 49.3 Å². The molecule has 2 aliphatic rings. The minimum atomic E-state index is -1.07. The van der Waals surface area contributed by atoms with Crippen molar-refractivity contribution in [3.8, 4) is 5.75 Å². The number of carbonyl (C=O) groups excluding carboxylic acids is 1. The summed E-state index contributed by atoms with van der Waals surface area (Å²) in [5.74, 6) is 0.735. The third kappa shape index (κ3) is 3.47. The van der Waals surface area contributed by atoms with Crippen LogP contribution in [0.3, 0.4) is 0 Å². The number of hydrogen-bond donors (Lipinski definition) is 2. The molecule has 0 saturated heterocycles. The molecule has 0 aliphatic heterocycles. The van der Waals surface area contributed by atoms with Gasteiger partial charge in [0.25, 0.3) is 0 Å². The van der Waals surface area contributed by atoms with Gasteiger partial charge < -0.3 is 15.2 Å². The highest BCUT2D eigenvalue weighted by molar-refractivity contribution is 6.32. The smallest absolute Gasteiger partial charge is 0.341 e. The molecule has 2 fully saturated rings. The Morgan fingerprint density at radius 2 is 2.14 bits per heavy atom. The summed E-state index contributed by atoms with van der Waals surface area (Å²) in [6, 6.07) is 4.80. The van der Waals surface area contributed by atoms with Gasteiger partial charge in [-0.2, -0.15) is 0 Å². The Balaban J connectivity index is 1.57. The van der Waals surface area contributed by atoms with Crippen LogP contribution in [-0.2, 0) is 9.59 Å². The van der Waals surface area contributed by atoms with Gasteiger partial charge in [0.1, 0.15) is 5.75 Å². The number of carboxylic acid groups (broad SMARTS) is 1. The number of carboxylic acids is 1. The topological polar surface area (TPSA) is 75.6 Å². The van der Waals surface area contributed by atoms with E-state index in [-0.39, 0.29) is 16.8 Å². The lowest BCUT2D eigenvalue weighted by Crippen LogP contribution is -2.15. The number of benzene rings is 1. The van der Waals surface area contributed by atoms with Crippen LogP contribution in [0.25, 0.3) is 0 Å². The van der Waals surface area contributed by atoms with Crippen LogP contribution >= 0.6 is 11.6 Å². The zero-order valence-corrected chi connectivity index (χ0v) is 12.1. The van der Waals surface area contributed by atoms with Gasteiger partial charge in [-0.15, -0.1) is 0 Å². The zero-order valence-electron chi connectivity index (χ0n) is 11.3. The van der Waals surface area contributed by atoms with Crippen molar-refractivity contribution in [1.82, 2.24) is 0 Å². The Labute approximate surface area is 127 Å². The lowest BCUT2D eigenvalue weighted by Gasteiger charge is -2.09. The Kier molecular flexibility index (Phi) is 3.76. The van der Waals surface area contributed by atoms with E-state index in [2.05, 4.69) is 5.32 Å². The summed E-state index contributed by atoms with van der Waals surface area (Å²) in [6.07, 6.45) is 3.51. The molecule has 2 aliphatic carbocycles. The number of anilines is 1. The van der Waals surface area contributed by atoms with Gasteiger partial charge in [0.2, 0.25) is 5.91 Å². The van der Waals surface area contributed by atoms with Gasteiger partial charge in [0.05, 0.1) is 5.02 Å². The summed E-state index contributed by atoms with van der Waals surface area (Å²) < 4.78 is 5.03. The van der Waals surface area contributed by atoms with Crippen molar-refractivity contribution in [3.63, 3.8) is 0 Å². The highest BCUT2D eigenvalue weighted by Gasteiger charge is 2.51. The molecule has 0 aromatic heterocycles. The molecule has 3 rings (SSSR count). The fourth-order valence-electron chi connectivity index (χ4n) is 2.63. The number of ether oxygens (including phenoxy) is 1. The monoisotopic (exact) mass is 309 g/mol. The summed E-state index contributed by atoms with van der Waals surface area (Å²) in [5.41, 5.74) is 0.606. The molecule has 0 bridgehead atoms. The molecule has 5 nitrogen and oxygen atoms in total. The standard InChI is InChI=1S/C15H16ClNO4/c16-12-5-9(3-4-13(12)21-7-14(18)19)17-15(20)11-6-10(11)8-1-2-8/h3-5,8,10-11H,1-2,6-7H2,(H,17,20)(H,18,19). The number of carbonyl (C=O) groups is 2. The molecule has 2 N–H and O–H groups in total. The van der Waals surface area contributed by atoms with Crippen LogP contribution in [0.15, 0.2) is 18.2 Å². The zero-order chi connectivity index (χ0) is 15.0. The Morgan fingerprint density at radius 1 is 1.38 bits per heavy atom. The fraction of sp³-hybridized carbons (Fsp3) is 0.467. The largest absolute Gasteiger partial charge is 0.480 e. The van der Waals surface area contributed by atoms with Gasteiger partial charge >= 0.3 is 5.97 Å². The van der Waals surface area contributed by atoms with E-state index >= 15 is 0 Å². The lowest BCUT2D eigenvalue weighted by molar-refractivity contribution is -0.139. The minimum Gasteiger partial charge on any atom is -0.480 e. The third-order valence-electron chi connectivity index (χ3n) is 3.95. The van der Waals surface area contributed by atoms with Crippen LogP contribution in [0.1, 0.15) is 19.3 Å². The molecule has 2 atom stereocenters. The van der Waals surface area contributed by atoms with E-state index in [1.807, 2.05) is 0 Å². The first-order valence-corrected chi connectivity index (χ1v) is 7.37. The van der Waals surface area contributed by atoms with Crippen LogP contribution in [0.4, 0.5) is 5.69 Å². The van der Waals surface area contributed by atoms with Crippen molar-refractivity contribution in [2.24, 2.45) is 17.8 Å². The molecule has 0 radical (unpaired) electrons.